The van der Waals surface area contributed by atoms with Gasteiger partial charge >= 0.3 is 0 Å². The molecule has 1 unspecified atom stereocenters. The molecule has 0 aliphatic rings. The molecule has 0 bridgehead atoms. The van der Waals surface area contributed by atoms with Crippen molar-refractivity contribution in [1.29, 1.82) is 0 Å². The molecule has 1 aromatic rings. The molecule has 1 heterocycles. The second kappa shape index (κ2) is 12.0. The fourth-order valence-corrected chi connectivity index (χ4v) is 2.87. The molecular formula is C16H22Cl3N3O2S2. The van der Waals surface area contributed by atoms with Gasteiger partial charge in [-0.2, -0.15) is 0 Å². The van der Waals surface area contributed by atoms with Gasteiger partial charge in [-0.25, -0.2) is 0 Å². The van der Waals surface area contributed by atoms with Crippen LogP contribution in [0.5, 0.6) is 0 Å². The van der Waals surface area contributed by atoms with Crippen molar-refractivity contribution in [3.8, 4) is 0 Å². The van der Waals surface area contributed by atoms with E-state index >= 15 is 0 Å². The number of alkyl halides is 3. The van der Waals surface area contributed by atoms with Gasteiger partial charge in [-0.15, -0.1) is 11.3 Å². The summed E-state index contributed by atoms with van der Waals surface area (Å²) in [4.78, 5) is 13.0. The predicted octanol–water partition coefficient (Wildman–Crippen LogP) is 3.85. The van der Waals surface area contributed by atoms with E-state index in [1.807, 2.05) is 31.4 Å². The summed E-state index contributed by atoms with van der Waals surface area (Å²) in [6, 6.07) is 3.78. The fourth-order valence-electron chi connectivity index (χ4n) is 1.71. The monoisotopic (exact) mass is 457 g/mol. The van der Waals surface area contributed by atoms with Crippen molar-refractivity contribution >= 4 is 75.5 Å². The van der Waals surface area contributed by atoms with Crippen LogP contribution in [0.2, 0.25) is 0 Å². The van der Waals surface area contributed by atoms with Crippen molar-refractivity contribution in [2.75, 3.05) is 13.2 Å². The molecule has 0 fully saturated rings. The molecule has 1 amide bonds. The van der Waals surface area contributed by atoms with Crippen LogP contribution >= 0.6 is 58.4 Å². The van der Waals surface area contributed by atoms with Crippen molar-refractivity contribution in [2.45, 2.75) is 36.3 Å². The molecule has 146 valence electrons. The second-order valence-corrected chi connectivity index (χ2v) is 9.26. The van der Waals surface area contributed by atoms with Crippen LogP contribution in [-0.2, 0) is 9.53 Å². The van der Waals surface area contributed by atoms with Crippen LogP contribution in [0.1, 0.15) is 25.1 Å². The molecule has 0 saturated heterocycles. The number of amides is 1. The van der Waals surface area contributed by atoms with Gasteiger partial charge < -0.3 is 20.7 Å². The lowest BCUT2D eigenvalue weighted by Crippen LogP contribution is -2.57. The summed E-state index contributed by atoms with van der Waals surface area (Å²) >= 11 is 24.5. The highest BCUT2D eigenvalue weighted by atomic mass is 35.6. The zero-order chi connectivity index (χ0) is 19.6. The molecule has 0 aliphatic heterocycles. The summed E-state index contributed by atoms with van der Waals surface area (Å²) in [6.45, 7) is 5.16. The summed E-state index contributed by atoms with van der Waals surface area (Å²) in [5.41, 5.74) is 0. The third-order valence-electron chi connectivity index (χ3n) is 2.89. The van der Waals surface area contributed by atoms with E-state index in [0.29, 0.717) is 13.2 Å². The molecule has 1 rings (SSSR count). The molecular weight excluding hydrogens is 437 g/mol. The Balaban J connectivity index is 2.45. The maximum absolute atomic E-state index is 12.1. The number of carbonyl (C=O) groups excluding carboxylic acids is 1. The van der Waals surface area contributed by atoms with Crippen molar-refractivity contribution in [2.24, 2.45) is 0 Å². The van der Waals surface area contributed by atoms with E-state index in [1.165, 1.54) is 17.4 Å². The number of hydrogen-bond donors (Lipinski definition) is 3. The average Bonchev–Trinajstić information content (AvgIpc) is 3.04. The third-order valence-corrected chi connectivity index (χ3v) is 4.64. The largest absolute Gasteiger partial charge is 0.379 e. The molecule has 0 radical (unpaired) electrons. The van der Waals surface area contributed by atoms with Crippen LogP contribution < -0.4 is 16.0 Å². The number of carbonyl (C=O) groups is 1. The Morgan fingerprint density at radius 3 is 2.69 bits per heavy atom. The van der Waals surface area contributed by atoms with Crippen LogP contribution in [0.15, 0.2) is 23.6 Å². The smallest absolute Gasteiger partial charge is 0.245 e. The molecule has 10 heteroatoms. The minimum atomic E-state index is -1.78. The zero-order valence-electron chi connectivity index (χ0n) is 14.4. The van der Waals surface area contributed by atoms with Crippen LogP contribution in [0.25, 0.3) is 6.08 Å². The molecule has 26 heavy (non-hydrogen) atoms. The summed E-state index contributed by atoms with van der Waals surface area (Å²) in [6.07, 6.45) is 3.03. The van der Waals surface area contributed by atoms with Crippen LogP contribution in [-0.4, -0.2) is 40.2 Å². The van der Waals surface area contributed by atoms with Crippen molar-refractivity contribution in [1.82, 2.24) is 16.0 Å². The summed E-state index contributed by atoms with van der Waals surface area (Å²) in [5, 5.41) is 10.6. The Morgan fingerprint density at radius 2 is 2.12 bits per heavy atom. The van der Waals surface area contributed by atoms with E-state index in [1.54, 1.807) is 6.08 Å². The Morgan fingerprint density at radius 1 is 1.38 bits per heavy atom. The first kappa shape index (κ1) is 23.5. The fraction of sp³-hybridized carbons (Fsp3) is 0.500. The van der Waals surface area contributed by atoms with Gasteiger partial charge in [0.05, 0.1) is 6.10 Å². The lowest BCUT2D eigenvalue weighted by atomic mass is 10.4. The first-order valence-corrected chi connectivity index (χ1v) is 10.4. The lowest BCUT2D eigenvalue weighted by Gasteiger charge is -2.27. The maximum atomic E-state index is 12.1. The Kier molecular flexibility index (Phi) is 10.8. The zero-order valence-corrected chi connectivity index (χ0v) is 18.3. The molecule has 1 aromatic heterocycles. The quantitative estimate of drug-likeness (QED) is 0.172. The normalized spacial score (nSPS) is 13.0. The first-order chi connectivity index (χ1) is 12.2. The van der Waals surface area contributed by atoms with Crippen molar-refractivity contribution in [3.05, 3.63) is 28.5 Å². The topological polar surface area (TPSA) is 62.4 Å². The van der Waals surface area contributed by atoms with Gasteiger partial charge in [-0.05, 0) is 50.0 Å². The Labute approximate surface area is 178 Å². The molecule has 0 aliphatic carbocycles. The highest BCUT2D eigenvalue weighted by molar-refractivity contribution is 7.80. The van der Waals surface area contributed by atoms with Gasteiger partial charge in [-0.1, -0.05) is 40.9 Å². The molecule has 3 N–H and O–H groups in total. The number of rotatable bonds is 9. The molecule has 5 nitrogen and oxygen atoms in total. The summed E-state index contributed by atoms with van der Waals surface area (Å²) < 4.78 is 3.66. The molecule has 0 spiro atoms. The van der Waals surface area contributed by atoms with E-state index in [2.05, 4.69) is 16.0 Å². The minimum Gasteiger partial charge on any atom is -0.379 e. The highest BCUT2D eigenvalue weighted by Gasteiger charge is 2.34. The summed E-state index contributed by atoms with van der Waals surface area (Å²) in [7, 11) is 0. The second-order valence-electron chi connectivity index (χ2n) is 5.51. The van der Waals surface area contributed by atoms with Crippen LogP contribution in [0.3, 0.4) is 0 Å². The van der Waals surface area contributed by atoms with Gasteiger partial charge in [0.1, 0.15) is 6.17 Å². The Bertz CT molecular complexity index is 590. The molecule has 1 atom stereocenters. The van der Waals surface area contributed by atoms with E-state index in [4.69, 9.17) is 51.8 Å². The lowest BCUT2D eigenvalue weighted by molar-refractivity contribution is -0.117. The van der Waals surface area contributed by atoms with Gasteiger partial charge in [0.25, 0.3) is 0 Å². The third kappa shape index (κ3) is 10.5. The van der Waals surface area contributed by atoms with Crippen molar-refractivity contribution in [3.63, 3.8) is 0 Å². The predicted molar refractivity (Wildman–Crippen MR) is 115 cm³/mol. The standard InChI is InChI=1S/C16H22Cl3N3O2S2/c1-11(2)24-9-4-8-20-15(25)22-14(16(17,18)19)21-13(23)7-6-12-5-3-10-26-12/h3,5-7,10-11,14H,4,8-9H2,1-2H3,(H,21,23)(H2,20,22,25)/b7-6+. The SMILES string of the molecule is CC(C)OCCCNC(=S)NC(NC(=O)/C=C/c1cccs1)C(Cl)(Cl)Cl. The summed E-state index contributed by atoms with van der Waals surface area (Å²) in [5.74, 6) is -0.407. The van der Waals surface area contributed by atoms with Gasteiger partial charge in [0.15, 0.2) is 5.11 Å². The van der Waals surface area contributed by atoms with E-state index < -0.39 is 15.9 Å². The number of nitrogens with one attached hydrogen (secondary N) is 3. The highest BCUT2D eigenvalue weighted by Crippen LogP contribution is 2.29. The number of ether oxygens (including phenoxy) is 1. The number of thiophene rings is 1. The maximum Gasteiger partial charge on any atom is 0.245 e. The van der Waals surface area contributed by atoms with Gasteiger partial charge in [0.2, 0.25) is 9.70 Å². The van der Waals surface area contributed by atoms with E-state index in [0.717, 1.165) is 11.3 Å². The first-order valence-electron chi connectivity index (χ1n) is 7.93. The van der Waals surface area contributed by atoms with E-state index in [-0.39, 0.29) is 11.2 Å². The van der Waals surface area contributed by atoms with Crippen LogP contribution in [0.4, 0.5) is 0 Å². The molecule has 0 aromatic carbocycles. The average molecular weight is 459 g/mol. The Hall–Kier alpha value is -0.570. The van der Waals surface area contributed by atoms with Gasteiger partial charge in [-0.3, -0.25) is 4.79 Å². The minimum absolute atomic E-state index is 0.186. The van der Waals surface area contributed by atoms with Crippen LogP contribution in [0, 0.1) is 0 Å². The number of thiocarbonyl (C=S) groups is 1. The van der Waals surface area contributed by atoms with Crippen molar-refractivity contribution < 1.29 is 9.53 Å². The number of halogens is 3. The van der Waals surface area contributed by atoms with E-state index in [9.17, 15) is 4.79 Å². The number of hydrogen-bond acceptors (Lipinski definition) is 4. The molecule has 0 saturated carbocycles. The van der Waals surface area contributed by atoms with Gasteiger partial charge in [0, 0.05) is 24.1 Å².